The maximum atomic E-state index is 12.6. The van der Waals surface area contributed by atoms with Crippen LogP contribution in [0.5, 0.6) is 23.0 Å². The Kier molecular flexibility index (Phi) is 8.64. The summed E-state index contributed by atoms with van der Waals surface area (Å²) in [5.41, 5.74) is 1.25. The molecule has 0 aliphatic carbocycles. The van der Waals surface area contributed by atoms with Gasteiger partial charge in [0.15, 0.2) is 6.61 Å². The summed E-state index contributed by atoms with van der Waals surface area (Å²) in [5.74, 6) is 2.65. The SMILES string of the molecule is COc1ccc(OCCCN2C(=O)COc3ccc(NC(=O)CCCOc4ccccc4)cc32)cc1. The zero-order chi connectivity index (χ0) is 25.2. The van der Waals surface area contributed by atoms with Gasteiger partial charge in [0, 0.05) is 18.7 Å². The van der Waals surface area contributed by atoms with Crippen LogP contribution in [-0.4, -0.2) is 45.3 Å². The Labute approximate surface area is 210 Å². The van der Waals surface area contributed by atoms with Crippen LogP contribution >= 0.6 is 0 Å². The molecule has 4 rings (SSSR count). The first-order valence-electron chi connectivity index (χ1n) is 11.9. The summed E-state index contributed by atoms with van der Waals surface area (Å²) < 4.78 is 22.1. The van der Waals surface area contributed by atoms with Crippen molar-refractivity contribution in [2.24, 2.45) is 0 Å². The molecule has 0 saturated carbocycles. The average Bonchev–Trinajstić information content (AvgIpc) is 2.91. The summed E-state index contributed by atoms with van der Waals surface area (Å²) in [7, 11) is 1.62. The molecule has 2 amide bonds. The van der Waals surface area contributed by atoms with Crippen LogP contribution in [0, 0.1) is 0 Å². The van der Waals surface area contributed by atoms with E-state index in [4.69, 9.17) is 18.9 Å². The van der Waals surface area contributed by atoms with Crippen LogP contribution in [0.15, 0.2) is 72.8 Å². The van der Waals surface area contributed by atoms with Gasteiger partial charge in [-0.1, -0.05) is 18.2 Å². The summed E-state index contributed by atoms with van der Waals surface area (Å²) in [5, 5.41) is 2.90. The fraction of sp³-hybridized carbons (Fsp3) is 0.286. The predicted molar refractivity (Wildman–Crippen MR) is 137 cm³/mol. The Morgan fingerprint density at radius 2 is 1.61 bits per heavy atom. The molecule has 0 aromatic heterocycles. The number of nitrogens with one attached hydrogen (secondary N) is 1. The van der Waals surface area contributed by atoms with Crippen LogP contribution < -0.4 is 29.2 Å². The number of ether oxygens (including phenoxy) is 4. The third-order valence-electron chi connectivity index (χ3n) is 5.60. The molecule has 3 aromatic rings. The minimum absolute atomic E-state index is 0.0144. The second-order valence-electron chi connectivity index (χ2n) is 8.21. The van der Waals surface area contributed by atoms with Crippen molar-refractivity contribution in [3.63, 3.8) is 0 Å². The van der Waals surface area contributed by atoms with E-state index in [0.29, 0.717) is 56.1 Å². The van der Waals surface area contributed by atoms with Gasteiger partial charge in [0.2, 0.25) is 5.91 Å². The second kappa shape index (κ2) is 12.5. The summed E-state index contributed by atoms with van der Waals surface area (Å²) in [6.45, 7) is 1.36. The van der Waals surface area contributed by atoms with Crippen molar-refractivity contribution < 1.29 is 28.5 Å². The molecule has 1 aliphatic rings. The van der Waals surface area contributed by atoms with Gasteiger partial charge in [0.25, 0.3) is 5.91 Å². The first-order chi connectivity index (χ1) is 17.6. The number of carbonyl (C=O) groups is 2. The van der Waals surface area contributed by atoms with Crippen molar-refractivity contribution in [1.29, 1.82) is 0 Å². The molecular weight excluding hydrogens is 460 g/mol. The highest BCUT2D eigenvalue weighted by Crippen LogP contribution is 2.34. The highest BCUT2D eigenvalue weighted by Gasteiger charge is 2.25. The minimum atomic E-state index is -0.131. The molecule has 0 atom stereocenters. The van der Waals surface area contributed by atoms with E-state index in [9.17, 15) is 9.59 Å². The molecule has 0 radical (unpaired) electrons. The van der Waals surface area contributed by atoms with Gasteiger partial charge in [-0.3, -0.25) is 9.59 Å². The van der Waals surface area contributed by atoms with Gasteiger partial charge >= 0.3 is 0 Å². The molecular formula is C28H30N2O6. The van der Waals surface area contributed by atoms with Crippen LogP contribution in [-0.2, 0) is 9.59 Å². The van der Waals surface area contributed by atoms with Crippen molar-refractivity contribution in [3.05, 3.63) is 72.8 Å². The number of hydrogen-bond acceptors (Lipinski definition) is 6. The molecule has 8 heteroatoms. The zero-order valence-corrected chi connectivity index (χ0v) is 20.3. The second-order valence-corrected chi connectivity index (χ2v) is 8.21. The Morgan fingerprint density at radius 3 is 2.36 bits per heavy atom. The molecule has 1 heterocycles. The molecule has 0 fully saturated rings. The number of para-hydroxylation sites is 1. The largest absolute Gasteiger partial charge is 0.497 e. The predicted octanol–water partition coefficient (Wildman–Crippen LogP) is 4.69. The highest BCUT2D eigenvalue weighted by molar-refractivity contribution is 5.99. The molecule has 1 N–H and O–H groups in total. The summed E-state index contributed by atoms with van der Waals surface area (Å²) in [6, 6.07) is 22.2. The first-order valence-corrected chi connectivity index (χ1v) is 11.9. The third-order valence-corrected chi connectivity index (χ3v) is 5.60. The van der Waals surface area contributed by atoms with E-state index in [2.05, 4.69) is 5.32 Å². The lowest BCUT2D eigenvalue weighted by Crippen LogP contribution is -2.39. The van der Waals surface area contributed by atoms with Crippen molar-refractivity contribution in [1.82, 2.24) is 0 Å². The van der Waals surface area contributed by atoms with Crippen LogP contribution in [0.3, 0.4) is 0 Å². The normalized spacial score (nSPS) is 12.4. The van der Waals surface area contributed by atoms with Gasteiger partial charge < -0.3 is 29.2 Å². The van der Waals surface area contributed by atoms with E-state index in [1.54, 1.807) is 30.2 Å². The van der Waals surface area contributed by atoms with Crippen molar-refractivity contribution >= 4 is 23.2 Å². The van der Waals surface area contributed by atoms with Gasteiger partial charge in [-0.15, -0.1) is 0 Å². The summed E-state index contributed by atoms with van der Waals surface area (Å²) in [4.78, 5) is 26.7. The van der Waals surface area contributed by atoms with E-state index < -0.39 is 0 Å². The fourth-order valence-corrected chi connectivity index (χ4v) is 3.77. The number of amides is 2. The lowest BCUT2D eigenvalue weighted by molar-refractivity contribution is -0.121. The van der Waals surface area contributed by atoms with E-state index in [-0.39, 0.29) is 18.4 Å². The maximum absolute atomic E-state index is 12.6. The quantitative estimate of drug-likeness (QED) is 0.371. The minimum Gasteiger partial charge on any atom is -0.497 e. The van der Waals surface area contributed by atoms with Crippen molar-refractivity contribution in [2.75, 3.05) is 43.7 Å². The molecule has 188 valence electrons. The molecule has 0 saturated heterocycles. The number of rotatable bonds is 12. The van der Waals surface area contributed by atoms with Crippen LogP contribution in [0.2, 0.25) is 0 Å². The number of fused-ring (bicyclic) bond motifs is 1. The van der Waals surface area contributed by atoms with Crippen molar-refractivity contribution in [3.8, 4) is 23.0 Å². The Hall–Kier alpha value is -4.20. The van der Waals surface area contributed by atoms with E-state index in [1.807, 2.05) is 54.6 Å². The zero-order valence-electron chi connectivity index (χ0n) is 20.3. The van der Waals surface area contributed by atoms with Crippen molar-refractivity contribution in [2.45, 2.75) is 19.3 Å². The van der Waals surface area contributed by atoms with Crippen LogP contribution in [0.1, 0.15) is 19.3 Å². The fourth-order valence-electron chi connectivity index (χ4n) is 3.77. The lowest BCUT2D eigenvalue weighted by atomic mass is 10.2. The van der Waals surface area contributed by atoms with Gasteiger partial charge in [-0.25, -0.2) is 0 Å². The first kappa shape index (κ1) is 24.9. The van der Waals surface area contributed by atoms with Gasteiger partial charge in [0.05, 0.1) is 26.0 Å². The van der Waals surface area contributed by atoms with Gasteiger partial charge in [0.1, 0.15) is 23.0 Å². The van der Waals surface area contributed by atoms with Crippen LogP contribution in [0.4, 0.5) is 11.4 Å². The molecule has 36 heavy (non-hydrogen) atoms. The maximum Gasteiger partial charge on any atom is 0.265 e. The highest BCUT2D eigenvalue weighted by atomic mass is 16.5. The third kappa shape index (κ3) is 6.91. The van der Waals surface area contributed by atoms with E-state index in [0.717, 1.165) is 17.2 Å². The number of carbonyl (C=O) groups excluding carboxylic acids is 2. The molecule has 3 aromatic carbocycles. The molecule has 0 spiro atoms. The van der Waals surface area contributed by atoms with Crippen LogP contribution in [0.25, 0.3) is 0 Å². The number of anilines is 2. The Balaban J connectivity index is 1.27. The Morgan fingerprint density at radius 1 is 0.917 bits per heavy atom. The standard InChI is InChI=1S/C28H30N2O6/c1-33-22-11-13-24(14-12-22)35-18-6-16-30-25-19-21(10-15-26(25)36-20-28(30)32)29-27(31)9-5-17-34-23-7-3-2-4-8-23/h2-4,7-8,10-15,19H,5-6,9,16-18,20H2,1H3,(H,29,31). The summed E-state index contributed by atoms with van der Waals surface area (Å²) >= 11 is 0. The Bertz CT molecular complexity index is 1150. The molecule has 0 bridgehead atoms. The van der Waals surface area contributed by atoms with E-state index in [1.165, 1.54) is 0 Å². The molecule has 1 aliphatic heterocycles. The topological polar surface area (TPSA) is 86.3 Å². The number of hydrogen-bond donors (Lipinski definition) is 1. The smallest absolute Gasteiger partial charge is 0.265 e. The number of nitrogens with zero attached hydrogens (tertiary/aromatic N) is 1. The van der Waals surface area contributed by atoms with Gasteiger partial charge in [-0.2, -0.15) is 0 Å². The number of methoxy groups -OCH3 is 1. The average molecular weight is 491 g/mol. The van der Waals surface area contributed by atoms with Gasteiger partial charge in [-0.05, 0) is 67.4 Å². The number of benzene rings is 3. The monoisotopic (exact) mass is 490 g/mol. The lowest BCUT2D eigenvalue weighted by Gasteiger charge is -2.30. The van der Waals surface area contributed by atoms with E-state index >= 15 is 0 Å². The molecule has 8 nitrogen and oxygen atoms in total. The molecule has 0 unspecified atom stereocenters. The summed E-state index contributed by atoms with van der Waals surface area (Å²) in [6.07, 6.45) is 1.55.